The third-order valence-electron chi connectivity index (χ3n) is 5.53. The van der Waals surface area contributed by atoms with Gasteiger partial charge in [-0.3, -0.25) is 4.31 Å². The van der Waals surface area contributed by atoms with Crippen LogP contribution >= 0.6 is 23.2 Å². The Morgan fingerprint density at radius 1 is 1.03 bits per heavy atom. The van der Waals surface area contributed by atoms with Gasteiger partial charge in [-0.2, -0.15) is 0 Å². The topological polar surface area (TPSA) is 105 Å². The number of hydrogen-bond acceptors (Lipinski definition) is 4. The lowest BCUT2D eigenvalue weighted by atomic mass is 9.96. The minimum atomic E-state index is -3.80. The number of sulfonamides is 1. The van der Waals surface area contributed by atoms with Crippen molar-refractivity contribution >= 4 is 50.6 Å². The van der Waals surface area contributed by atoms with Crippen molar-refractivity contribution in [3.8, 4) is 0 Å². The second-order valence-electron chi connectivity index (χ2n) is 9.29. The van der Waals surface area contributed by atoms with Crippen molar-refractivity contribution < 1.29 is 13.2 Å². The van der Waals surface area contributed by atoms with Gasteiger partial charge in [0.2, 0.25) is 0 Å². The maximum atomic E-state index is 13.1. The summed E-state index contributed by atoms with van der Waals surface area (Å²) in [5.74, 6) is 0. The molecule has 0 aliphatic carbocycles. The average Bonchev–Trinajstić information content (AvgIpc) is 2.80. The first-order valence-electron chi connectivity index (χ1n) is 11.3. The standard InChI is InChI=1S/C26H30Cl2N4O3S/c1-17(22-6-5-7-23(27)24(22)28)30-25(33)31-19-10-14-21(15-11-19)36(34,35)32(4)20-12-8-18(9-13-20)16-26(2,3)29/h5-15,17H,16,29H2,1-4H3,(H2,30,31,33). The van der Waals surface area contributed by atoms with Crippen LogP contribution in [0.15, 0.2) is 71.6 Å². The lowest BCUT2D eigenvalue weighted by Gasteiger charge is -2.22. The number of nitrogens with one attached hydrogen (secondary N) is 2. The van der Waals surface area contributed by atoms with Gasteiger partial charge in [0, 0.05) is 18.3 Å². The first kappa shape index (κ1) is 27.8. The van der Waals surface area contributed by atoms with Crippen LogP contribution in [0.1, 0.15) is 37.9 Å². The van der Waals surface area contributed by atoms with E-state index in [4.69, 9.17) is 28.9 Å². The quantitative estimate of drug-likeness (QED) is 0.322. The van der Waals surface area contributed by atoms with Crippen LogP contribution in [-0.2, 0) is 16.4 Å². The van der Waals surface area contributed by atoms with Gasteiger partial charge in [-0.1, -0.05) is 47.5 Å². The summed E-state index contributed by atoms with van der Waals surface area (Å²) in [6.07, 6.45) is 0.677. The van der Waals surface area contributed by atoms with E-state index in [2.05, 4.69) is 10.6 Å². The summed E-state index contributed by atoms with van der Waals surface area (Å²) in [4.78, 5) is 12.5. The molecule has 36 heavy (non-hydrogen) atoms. The molecule has 3 aromatic rings. The number of carbonyl (C=O) groups excluding carboxylic acids is 1. The normalized spacial score (nSPS) is 12.6. The molecule has 1 atom stereocenters. The lowest BCUT2D eigenvalue weighted by Crippen LogP contribution is -2.34. The largest absolute Gasteiger partial charge is 0.331 e. The Kier molecular flexibility index (Phi) is 8.56. The van der Waals surface area contributed by atoms with Crippen molar-refractivity contribution in [1.29, 1.82) is 0 Å². The zero-order valence-electron chi connectivity index (χ0n) is 20.5. The summed E-state index contributed by atoms with van der Waals surface area (Å²) in [5, 5.41) is 6.27. The predicted octanol–water partition coefficient (Wildman–Crippen LogP) is 5.98. The molecule has 0 saturated heterocycles. The van der Waals surface area contributed by atoms with Crippen LogP contribution in [-0.4, -0.2) is 27.0 Å². The molecule has 0 radical (unpaired) electrons. The Labute approximate surface area is 222 Å². The first-order chi connectivity index (χ1) is 16.8. The Hall–Kier alpha value is -2.78. The Balaban J connectivity index is 1.66. The number of carbonyl (C=O) groups is 1. The van der Waals surface area contributed by atoms with Crippen molar-refractivity contribution in [3.05, 3.63) is 87.9 Å². The van der Waals surface area contributed by atoms with Crippen LogP contribution < -0.4 is 20.7 Å². The van der Waals surface area contributed by atoms with E-state index in [0.29, 0.717) is 33.4 Å². The maximum Gasteiger partial charge on any atom is 0.319 e. The maximum absolute atomic E-state index is 13.1. The third kappa shape index (κ3) is 6.91. The fourth-order valence-electron chi connectivity index (χ4n) is 3.65. The average molecular weight is 550 g/mol. The first-order valence-corrected chi connectivity index (χ1v) is 13.5. The number of urea groups is 1. The van der Waals surface area contributed by atoms with Crippen LogP contribution in [0.5, 0.6) is 0 Å². The molecule has 3 aromatic carbocycles. The van der Waals surface area contributed by atoms with Gasteiger partial charge in [-0.15, -0.1) is 0 Å². The van der Waals surface area contributed by atoms with Crippen molar-refractivity contribution in [2.24, 2.45) is 5.73 Å². The van der Waals surface area contributed by atoms with Gasteiger partial charge in [0.1, 0.15) is 0 Å². The summed E-state index contributed by atoms with van der Waals surface area (Å²) in [6.45, 7) is 5.66. The SMILES string of the molecule is CC(NC(=O)Nc1ccc(S(=O)(=O)N(C)c2ccc(CC(C)(C)N)cc2)cc1)c1cccc(Cl)c1Cl. The van der Waals surface area contributed by atoms with Gasteiger partial charge in [-0.25, -0.2) is 13.2 Å². The molecule has 7 nitrogen and oxygen atoms in total. The molecular formula is C26H30Cl2N4O3S. The van der Waals surface area contributed by atoms with Crippen LogP contribution in [0, 0.1) is 0 Å². The van der Waals surface area contributed by atoms with E-state index in [1.807, 2.05) is 26.0 Å². The molecule has 2 amide bonds. The number of benzene rings is 3. The number of anilines is 2. The molecule has 0 heterocycles. The highest BCUT2D eigenvalue weighted by atomic mass is 35.5. The molecule has 192 valence electrons. The molecule has 1 unspecified atom stereocenters. The molecule has 4 N–H and O–H groups in total. The monoisotopic (exact) mass is 548 g/mol. The van der Waals surface area contributed by atoms with Gasteiger partial charge < -0.3 is 16.4 Å². The summed E-state index contributed by atoms with van der Waals surface area (Å²) in [7, 11) is -2.30. The second kappa shape index (κ2) is 11.1. The molecule has 0 aliphatic heterocycles. The summed E-state index contributed by atoms with van der Waals surface area (Å²) in [6, 6.07) is 17.6. The van der Waals surface area contributed by atoms with E-state index in [9.17, 15) is 13.2 Å². The summed E-state index contributed by atoms with van der Waals surface area (Å²) in [5.41, 5.74) is 8.39. The number of nitrogens with zero attached hydrogens (tertiary/aromatic N) is 1. The van der Waals surface area contributed by atoms with Crippen molar-refractivity contribution in [2.75, 3.05) is 16.7 Å². The molecule has 0 bridgehead atoms. The highest BCUT2D eigenvalue weighted by molar-refractivity contribution is 7.92. The van der Waals surface area contributed by atoms with Gasteiger partial charge >= 0.3 is 6.03 Å². The molecule has 0 saturated carbocycles. The minimum absolute atomic E-state index is 0.0993. The molecule has 0 aromatic heterocycles. The van der Waals surface area contributed by atoms with Gasteiger partial charge in [0.25, 0.3) is 10.0 Å². The molecular weight excluding hydrogens is 519 g/mol. The van der Waals surface area contributed by atoms with Gasteiger partial charge in [-0.05, 0) is 80.8 Å². The van der Waals surface area contributed by atoms with E-state index in [-0.39, 0.29) is 10.4 Å². The fraction of sp³-hybridized carbons (Fsp3) is 0.269. The predicted molar refractivity (Wildman–Crippen MR) is 147 cm³/mol. The molecule has 3 rings (SSSR count). The van der Waals surface area contributed by atoms with E-state index < -0.39 is 22.1 Å². The molecule has 0 fully saturated rings. The Morgan fingerprint density at radius 3 is 2.22 bits per heavy atom. The van der Waals surface area contributed by atoms with Crippen molar-refractivity contribution in [2.45, 2.75) is 43.7 Å². The number of nitrogens with two attached hydrogens (primary N) is 1. The summed E-state index contributed by atoms with van der Waals surface area (Å²) >= 11 is 12.3. The second-order valence-corrected chi connectivity index (χ2v) is 12.0. The van der Waals surface area contributed by atoms with E-state index in [1.54, 1.807) is 37.3 Å². The van der Waals surface area contributed by atoms with Crippen molar-refractivity contribution in [3.63, 3.8) is 0 Å². The number of hydrogen-bond donors (Lipinski definition) is 3. The molecule has 10 heteroatoms. The van der Waals surface area contributed by atoms with Gasteiger partial charge in [0.15, 0.2) is 0 Å². The highest BCUT2D eigenvalue weighted by Gasteiger charge is 2.22. The van der Waals surface area contributed by atoms with Crippen LogP contribution in [0.3, 0.4) is 0 Å². The van der Waals surface area contributed by atoms with Crippen molar-refractivity contribution in [1.82, 2.24) is 5.32 Å². The summed E-state index contributed by atoms with van der Waals surface area (Å²) < 4.78 is 27.5. The molecule has 0 aliphatic rings. The Bertz CT molecular complexity index is 1320. The van der Waals surface area contributed by atoms with E-state index in [1.165, 1.54) is 35.6 Å². The Morgan fingerprint density at radius 2 is 1.64 bits per heavy atom. The van der Waals surface area contributed by atoms with Gasteiger partial charge in [0.05, 0.1) is 26.7 Å². The molecule has 0 spiro atoms. The van der Waals surface area contributed by atoms with Crippen LogP contribution in [0.4, 0.5) is 16.2 Å². The van der Waals surface area contributed by atoms with Crippen LogP contribution in [0.25, 0.3) is 0 Å². The third-order valence-corrected chi connectivity index (χ3v) is 8.16. The van der Waals surface area contributed by atoms with Crippen LogP contribution in [0.2, 0.25) is 10.0 Å². The van der Waals surface area contributed by atoms with E-state index in [0.717, 1.165) is 5.56 Å². The number of halogens is 2. The fourth-order valence-corrected chi connectivity index (χ4v) is 5.32. The van der Waals surface area contributed by atoms with E-state index >= 15 is 0 Å². The lowest BCUT2D eigenvalue weighted by molar-refractivity contribution is 0.249. The highest BCUT2D eigenvalue weighted by Crippen LogP contribution is 2.30. The number of rotatable bonds is 8. The smallest absolute Gasteiger partial charge is 0.319 e. The number of amides is 2. The zero-order valence-corrected chi connectivity index (χ0v) is 22.9. The minimum Gasteiger partial charge on any atom is -0.331 e. The zero-order chi connectivity index (χ0) is 26.7.